The number of aromatic nitrogens is 3. The zero-order valence-electron chi connectivity index (χ0n) is 22.0. The van der Waals surface area contributed by atoms with Gasteiger partial charge in [-0.15, -0.1) is 0 Å². The minimum absolute atomic E-state index is 0.365. The molecule has 1 aliphatic heterocycles. The van der Waals surface area contributed by atoms with Gasteiger partial charge in [0.2, 0.25) is 0 Å². The molecule has 3 aromatic carbocycles. The van der Waals surface area contributed by atoms with Gasteiger partial charge >= 0.3 is 6.09 Å². The maximum atomic E-state index is 13.5. The SMILES string of the molecule is COc1ccc(OC(=O)N2CCc3c([nH]c4ccc(Cl)cc34)C2c2ccc(OCCCn3ccnc3)cc2)cc1. The van der Waals surface area contributed by atoms with Crippen molar-refractivity contribution in [2.24, 2.45) is 0 Å². The van der Waals surface area contributed by atoms with E-state index < -0.39 is 6.09 Å². The monoisotopic (exact) mass is 556 g/mol. The van der Waals surface area contributed by atoms with E-state index in [0.29, 0.717) is 36.1 Å². The summed E-state index contributed by atoms with van der Waals surface area (Å²) in [6.07, 6.45) is 6.65. The number of H-pyrrole nitrogens is 1. The number of amides is 1. The third kappa shape index (κ3) is 5.35. The van der Waals surface area contributed by atoms with Crippen LogP contribution < -0.4 is 14.2 Å². The normalized spacial score (nSPS) is 14.7. The maximum absolute atomic E-state index is 13.5. The number of carbonyl (C=O) groups is 1. The minimum Gasteiger partial charge on any atom is -0.497 e. The van der Waals surface area contributed by atoms with E-state index in [0.717, 1.165) is 46.4 Å². The van der Waals surface area contributed by atoms with Crippen molar-refractivity contribution in [3.05, 3.63) is 107 Å². The van der Waals surface area contributed by atoms with Gasteiger partial charge in [-0.25, -0.2) is 9.78 Å². The van der Waals surface area contributed by atoms with E-state index in [-0.39, 0.29) is 6.04 Å². The number of halogens is 1. The second kappa shape index (κ2) is 11.4. The standard InChI is InChI=1S/C31H29ClN4O4/c1-38-23-8-10-25(11-9-23)40-31(37)36-16-13-26-27-19-22(32)5-12-28(27)34-29(26)30(36)21-3-6-24(7-4-21)39-18-2-15-35-17-14-33-20-35/h3-12,14,17,19-20,30,34H,2,13,15-16,18H2,1H3. The van der Waals surface area contributed by atoms with Crippen molar-refractivity contribution in [3.8, 4) is 17.2 Å². The number of benzene rings is 3. The summed E-state index contributed by atoms with van der Waals surface area (Å²) in [6.45, 7) is 1.94. The zero-order chi connectivity index (χ0) is 27.5. The van der Waals surface area contributed by atoms with Gasteiger partial charge in [0.15, 0.2) is 0 Å². The molecule has 9 heteroatoms. The summed E-state index contributed by atoms with van der Waals surface area (Å²) in [5.41, 5.74) is 4.07. The van der Waals surface area contributed by atoms with Gasteiger partial charge < -0.3 is 23.8 Å². The maximum Gasteiger partial charge on any atom is 0.416 e. The van der Waals surface area contributed by atoms with Crippen LogP contribution in [0.25, 0.3) is 10.9 Å². The Bertz CT molecular complexity index is 1600. The summed E-state index contributed by atoms with van der Waals surface area (Å²) in [7, 11) is 1.60. The van der Waals surface area contributed by atoms with Gasteiger partial charge in [-0.3, -0.25) is 4.90 Å². The number of nitrogens with one attached hydrogen (secondary N) is 1. The van der Waals surface area contributed by atoms with E-state index in [2.05, 4.69) is 9.97 Å². The van der Waals surface area contributed by atoms with Crippen LogP contribution in [-0.2, 0) is 13.0 Å². The third-order valence-electron chi connectivity index (χ3n) is 7.17. The smallest absolute Gasteiger partial charge is 0.416 e. The predicted molar refractivity (Wildman–Crippen MR) is 153 cm³/mol. The predicted octanol–water partition coefficient (Wildman–Crippen LogP) is 6.64. The van der Waals surface area contributed by atoms with E-state index in [9.17, 15) is 4.79 Å². The molecule has 6 rings (SSSR count). The molecule has 1 amide bonds. The van der Waals surface area contributed by atoms with Gasteiger partial charge in [0, 0.05) is 47.1 Å². The van der Waals surface area contributed by atoms with Gasteiger partial charge in [0.05, 0.1) is 20.0 Å². The Labute approximate surface area is 237 Å². The molecule has 1 aliphatic rings. The largest absolute Gasteiger partial charge is 0.497 e. The fourth-order valence-corrected chi connectivity index (χ4v) is 5.38. The second-order valence-corrected chi connectivity index (χ2v) is 10.1. The van der Waals surface area contributed by atoms with E-state index >= 15 is 0 Å². The van der Waals surface area contributed by atoms with Gasteiger partial charge in [0.1, 0.15) is 23.3 Å². The van der Waals surface area contributed by atoms with Gasteiger partial charge in [-0.05, 0) is 78.6 Å². The van der Waals surface area contributed by atoms with Gasteiger partial charge in [-0.2, -0.15) is 0 Å². The summed E-state index contributed by atoms with van der Waals surface area (Å²) in [5.74, 6) is 1.93. The molecule has 0 saturated heterocycles. The molecule has 5 aromatic rings. The topological polar surface area (TPSA) is 81.6 Å². The number of nitrogens with zero attached hydrogens (tertiary/aromatic N) is 3. The molecule has 2 aromatic heterocycles. The Morgan fingerprint density at radius 1 is 1.05 bits per heavy atom. The number of fused-ring (bicyclic) bond motifs is 3. The first-order valence-corrected chi connectivity index (χ1v) is 13.6. The quantitative estimate of drug-likeness (QED) is 0.217. The third-order valence-corrected chi connectivity index (χ3v) is 7.41. The first-order valence-electron chi connectivity index (χ1n) is 13.2. The Hall–Kier alpha value is -4.43. The lowest BCUT2D eigenvalue weighted by molar-refractivity contribution is 0.135. The lowest BCUT2D eigenvalue weighted by Gasteiger charge is -2.35. The van der Waals surface area contributed by atoms with Crippen molar-refractivity contribution in [1.29, 1.82) is 0 Å². The number of carbonyl (C=O) groups excluding carboxylic acids is 1. The number of hydrogen-bond acceptors (Lipinski definition) is 5. The van der Waals surface area contributed by atoms with Crippen LogP contribution >= 0.6 is 11.6 Å². The van der Waals surface area contributed by atoms with Crippen LogP contribution in [-0.4, -0.2) is 45.8 Å². The fraction of sp³-hybridized carbons (Fsp3) is 0.226. The first-order chi connectivity index (χ1) is 19.6. The molecule has 0 aliphatic carbocycles. The summed E-state index contributed by atoms with van der Waals surface area (Å²) in [5, 5.41) is 1.76. The highest BCUT2D eigenvalue weighted by atomic mass is 35.5. The number of rotatable bonds is 8. The molecule has 1 atom stereocenters. The van der Waals surface area contributed by atoms with Crippen LogP contribution in [0.2, 0.25) is 5.02 Å². The zero-order valence-corrected chi connectivity index (χ0v) is 22.8. The number of aromatic amines is 1. The molecule has 0 bridgehead atoms. The average molecular weight is 557 g/mol. The van der Waals surface area contributed by atoms with Crippen molar-refractivity contribution in [2.45, 2.75) is 25.4 Å². The Kier molecular flexibility index (Phi) is 7.33. The van der Waals surface area contributed by atoms with Crippen LogP contribution in [0.15, 0.2) is 85.5 Å². The summed E-state index contributed by atoms with van der Waals surface area (Å²) in [6, 6.07) is 20.4. The highest BCUT2D eigenvalue weighted by Crippen LogP contribution is 2.40. The van der Waals surface area contributed by atoms with Crippen LogP contribution in [0.1, 0.15) is 29.3 Å². The van der Waals surface area contributed by atoms with E-state index in [1.165, 1.54) is 0 Å². The first kappa shape index (κ1) is 25.8. The second-order valence-electron chi connectivity index (χ2n) is 9.67. The molecule has 3 heterocycles. The summed E-state index contributed by atoms with van der Waals surface area (Å²) in [4.78, 5) is 22.9. The van der Waals surface area contributed by atoms with Crippen LogP contribution in [0.4, 0.5) is 4.79 Å². The molecular weight excluding hydrogens is 528 g/mol. The van der Waals surface area contributed by atoms with E-state index in [4.69, 9.17) is 25.8 Å². The molecule has 204 valence electrons. The van der Waals surface area contributed by atoms with Crippen molar-refractivity contribution in [3.63, 3.8) is 0 Å². The molecule has 0 saturated carbocycles. The van der Waals surface area contributed by atoms with E-state index in [1.54, 1.807) is 48.8 Å². The molecule has 1 unspecified atom stereocenters. The van der Waals surface area contributed by atoms with Gasteiger partial charge in [-0.1, -0.05) is 23.7 Å². The highest BCUT2D eigenvalue weighted by Gasteiger charge is 2.35. The number of methoxy groups -OCH3 is 1. The number of imidazole rings is 1. The molecule has 0 fully saturated rings. The number of hydrogen-bond donors (Lipinski definition) is 1. The summed E-state index contributed by atoms with van der Waals surface area (Å²) >= 11 is 6.34. The molecule has 1 N–H and O–H groups in total. The molecular formula is C31H29ClN4O4. The number of aryl methyl sites for hydroxylation is 1. The van der Waals surface area contributed by atoms with E-state index in [1.807, 2.05) is 53.2 Å². The molecule has 8 nitrogen and oxygen atoms in total. The highest BCUT2D eigenvalue weighted by molar-refractivity contribution is 6.31. The molecule has 40 heavy (non-hydrogen) atoms. The Morgan fingerprint density at radius 2 is 1.82 bits per heavy atom. The number of ether oxygens (including phenoxy) is 3. The van der Waals surface area contributed by atoms with Crippen LogP contribution in [0, 0.1) is 0 Å². The minimum atomic E-state index is -0.419. The van der Waals surface area contributed by atoms with Gasteiger partial charge in [0.25, 0.3) is 0 Å². The summed E-state index contributed by atoms with van der Waals surface area (Å²) < 4.78 is 19.0. The Balaban J connectivity index is 1.25. The van der Waals surface area contributed by atoms with Crippen LogP contribution in [0.3, 0.4) is 0 Å². The molecule has 0 radical (unpaired) electrons. The van der Waals surface area contributed by atoms with Crippen molar-refractivity contribution < 1.29 is 19.0 Å². The van der Waals surface area contributed by atoms with Crippen molar-refractivity contribution in [2.75, 3.05) is 20.3 Å². The fourth-order valence-electron chi connectivity index (χ4n) is 5.21. The average Bonchev–Trinajstić information content (AvgIpc) is 3.63. The lowest BCUT2D eigenvalue weighted by Crippen LogP contribution is -2.42. The Morgan fingerprint density at radius 3 is 2.58 bits per heavy atom. The lowest BCUT2D eigenvalue weighted by atomic mass is 9.92. The molecule has 0 spiro atoms. The van der Waals surface area contributed by atoms with Crippen molar-refractivity contribution in [1.82, 2.24) is 19.4 Å². The van der Waals surface area contributed by atoms with Crippen molar-refractivity contribution >= 4 is 28.6 Å². The van der Waals surface area contributed by atoms with Crippen LogP contribution in [0.5, 0.6) is 17.2 Å².